The minimum absolute atomic E-state index is 0.391. The first-order chi connectivity index (χ1) is 10.5. The number of hydrogen-bond acceptors (Lipinski definition) is 4. The van der Waals surface area contributed by atoms with E-state index < -0.39 is 48.2 Å². The second-order valence-electron chi connectivity index (χ2n) is 4.39. The summed E-state index contributed by atoms with van der Waals surface area (Å²) >= 11 is 0. The normalized spacial score (nSPS) is 11.7. The highest BCUT2D eigenvalue weighted by Crippen LogP contribution is 2.35. The molecule has 1 aromatic carbocycles. The number of nitrogens with zero attached hydrogens (tertiary/aromatic N) is 2. The first-order valence-electron chi connectivity index (χ1n) is 5.98. The van der Waals surface area contributed by atoms with Gasteiger partial charge in [-0.15, -0.1) is 0 Å². The fourth-order valence-electron chi connectivity index (χ4n) is 1.74. The minimum Gasteiger partial charge on any atom is -0.468 e. The highest BCUT2D eigenvalue weighted by molar-refractivity contribution is 5.76. The third-order valence-corrected chi connectivity index (χ3v) is 2.71. The van der Waals surface area contributed by atoms with Crippen molar-refractivity contribution in [2.45, 2.75) is 12.4 Å². The Kier molecular flexibility index (Phi) is 5.47. The average molecular weight is 340 g/mol. The number of esters is 1. The molecule has 0 atom stereocenters. The molecule has 0 fully saturated rings. The van der Waals surface area contributed by atoms with Gasteiger partial charge in [0.25, 0.3) is 0 Å². The lowest BCUT2D eigenvalue weighted by Gasteiger charge is -2.25. The van der Waals surface area contributed by atoms with E-state index in [4.69, 9.17) is 5.26 Å². The highest BCUT2D eigenvalue weighted by Gasteiger charge is 2.36. The van der Waals surface area contributed by atoms with Crippen LogP contribution in [-0.2, 0) is 15.7 Å². The molecular formula is C13H10F6N2O2. The molecule has 126 valence electrons. The van der Waals surface area contributed by atoms with Gasteiger partial charge >= 0.3 is 18.3 Å². The number of carbonyl (C=O) groups is 1. The average Bonchev–Trinajstić information content (AvgIpc) is 2.43. The molecule has 0 heterocycles. The minimum atomic E-state index is -4.92. The van der Waals surface area contributed by atoms with Crippen molar-refractivity contribution in [2.75, 3.05) is 25.1 Å². The zero-order valence-electron chi connectivity index (χ0n) is 11.6. The van der Waals surface area contributed by atoms with Crippen molar-refractivity contribution in [3.05, 3.63) is 29.3 Å². The second-order valence-corrected chi connectivity index (χ2v) is 4.39. The van der Waals surface area contributed by atoms with E-state index in [1.807, 2.05) is 0 Å². The molecule has 10 heteroatoms. The fraction of sp³-hybridized carbons (Fsp3) is 0.385. The largest absolute Gasteiger partial charge is 0.468 e. The molecule has 0 aliphatic rings. The summed E-state index contributed by atoms with van der Waals surface area (Å²) in [4.78, 5) is 11.6. The summed E-state index contributed by atoms with van der Waals surface area (Å²) in [5.74, 6) is -1.05. The van der Waals surface area contributed by atoms with Crippen LogP contribution in [0.5, 0.6) is 0 Å². The van der Waals surface area contributed by atoms with E-state index in [1.54, 1.807) is 0 Å². The standard InChI is InChI=1S/C13H10F6N2O2/c1-23-11(22)6-21(7-12(14,15)16)9-3-2-8(5-20)10(4-9)13(17,18)19/h2-4H,6-7H2,1H3. The van der Waals surface area contributed by atoms with Gasteiger partial charge in [0, 0.05) is 5.69 Å². The van der Waals surface area contributed by atoms with Crippen LogP contribution in [0.3, 0.4) is 0 Å². The Balaban J connectivity index is 3.31. The molecule has 0 aliphatic carbocycles. The molecule has 4 nitrogen and oxygen atoms in total. The van der Waals surface area contributed by atoms with Gasteiger partial charge in [0.05, 0.1) is 24.3 Å². The van der Waals surface area contributed by atoms with Gasteiger partial charge < -0.3 is 9.64 Å². The molecular weight excluding hydrogens is 330 g/mol. The van der Waals surface area contributed by atoms with Crippen LogP contribution in [0, 0.1) is 11.3 Å². The zero-order valence-corrected chi connectivity index (χ0v) is 11.6. The van der Waals surface area contributed by atoms with Crippen LogP contribution in [-0.4, -0.2) is 32.3 Å². The molecule has 23 heavy (non-hydrogen) atoms. The van der Waals surface area contributed by atoms with E-state index in [1.165, 1.54) is 6.07 Å². The van der Waals surface area contributed by atoms with Crippen molar-refractivity contribution in [1.29, 1.82) is 5.26 Å². The van der Waals surface area contributed by atoms with Crippen molar-refractivity contribution >= 4 is 11.7 Å². The van der Waals surface area contributed by atoms with Gasteiger partial charge in [0.1, 0.15) is 13.1 Å². The Morgan fingerprint density at radius 2 is 1.87 bits per heavy atom. The van der Waals surface area contributed by atoms with Crippen molar-refractivity contribution in [1.82, 2.24) is 0 Å². The van der Waals surface area contributed by atoms with E-state index >= 15 is 0 Å². The number of rotatable bonds is 4. The number of alkyl halides is 6. The lowest BCUT2D eigenvalue weighted by Crippen LogP contribution is -2.38. The summed E-state index contributed by atoms with van der Waals surface area (Å²) in [6, 6.07) is 3.37. The maximum Gasteiger partial charge on any atom is 0.417 e. The number of ether oxygens (including phenoxy) is 1. The van der Waals surface area contributed by atoms with Crippen LogP contribution in [0.1, 0.15) is 11.1 Å². The smallest absolute Gasteiger partial charge is 0.417 e. The van der Waals surface area contributed by atoms with Crippen molar-refractivity contribution in [3.8, 4) is 6.07 Å². The molecule has 0 unspecified atom stereocenters. The van der Waals surface area contributed by atoms with E-state index in [0.717, 1.165) is 19.2 Å². The van der Waals surface area contributed by atoms with Gasteiger partial charge in [-0.2, -0.15) is 31.6 Å². The predicted octanol–water partition coefficient (Wildman–Crippen LogP) is 3.12. The van der Waals surface area contributed by atoms with Gasteiger partial charge in [-0.1, -0.05) is 0 Å². The summed E-state index contributed by atoms with van der Waals surface area (Å²) in [5, 5.41) is 8.66. The van der Waals surface area contributed by atoms with Crippen molar-refractivity contribution in [3.63, 3.8) is 0 Å². The predicted molar refractivity (Wildman–Crippen MR) is 66.4 cm³/mol. The van der Waals surface area contributed by atoms with E-state index in [0.29, 0.717) is 11.0 Å². The first-order valence-corrected chi connectivity index (χ1v) is 5.98. The monoisotopic (exact) mass is 340 g/mol. The topological polar surface area (TPSA) is 53.3 Å². The molecule has 0 bridgehead atoms. The number of hydrogen-bond donors (Lipinski definition) is 0. The Morgan fingerprint density at radius 3 is 2.30 bits per heavy atom. The second kappa shape index (κ2) is 6.76. The number of benzene rings is 1. The van der Waals surface area contributed by atoms with Crippen LogP contribution in [0.15, 0.2) is 18.2 Å². The van der Waals surface area contributed by atoms with Crippen molar-refractivity contribution < 1.29 is 35.9 Å². The van der Waals surface area contributed by atoms with Gasteiger partial charge in [0.2, 0.25) is 0 Å². The number of carbonyl (C=O) groups excluding carboxylic acids is 1. The van der Waals surface area contributed by atoms with E-state index in [9.17, 15) is 31.1 Å². The molecule has 0 aliphatic heterocycles. The number of anilines is 1. The van der Waals surface area contributed by atoms with Crippen LogP contribution in [0.4, 0.5) is 32.0 Å². The molecule has 0 radical (unpaired) electrons. The quantitative estimate of drug-likeness (QED) is 0.624. The molecule has 0 aromatic heterocycles. The van der Waals surface area contributed by atoms with Gasteiger partial charge in [-0.05, 0) is 18.2 Å². The Bertz CT molecular complexity index is 618. The molecule has 0 N–H and O–H groups in total. The van der Waals surface area contributed by atoms with Crippen LogP contribution in [0.25, 0.3) is 0 Å². The van der Waals surface area contributed by atoms with E-state index in [2.05, 4.69) is 4.74 Å². The Labute approximate surface area is 126 Å². The third kappa shape index (κ3) is 5.36. The molecule has 0 amide bonds. The number of nitriles is 1. The van der Waals surface area contributed by atoms with Gasteiger partial charge in [0.15, 0.2) is 0 Å². The summed E-state index contributed by atoms with van der Waals surface area (Å²) in [7, 11) is 0.939. The summed E-state index contributed by atoms with van der Waals surface area (Å²) in [5.41, 5.74) is -2.61. The van der Waals surface area contributed by atoms with Gasteiger partial charge in [-0.3, -0.25) is 4.79 Å². The maximum atomic E-state index is 12.9. The maximum absolute atomic E-state index is 12.9. The van der Waals surface area contributed by atoms with Gasteiger partial charge in [-0.25, -0.2) is 0 Å². The Hall–Kier alpha value is -2.44. The third-order valence-electron chi connectivity index (χ3n) is 2.71. The molecule has 1 rings (SSSR count). The molecule has 1 aromatic rings. The van der Waals surface area contributed by atoms with Crippen LogP contribution in [0.2, 0.25) is 0 Å². The lowest BCUT2D eigenvalue weighted by molar-refractivity contribution is -0.140. The highest BCUT2D eigenvalue weighted by atomic mass is 19.4. The molecule has 0 saturated carbocycles. The number of methoxy groups -OCH3 is 1. The summed E-state index contributed by atoms with van der Waals surface area (Å²) < 4.78 is 80.5. The van der Waals surface area contributed by atoms with Crippen molar-refractivity contribution in [2.24, 2.45) is 0 Å². The lowest BCUT2D eigenvalue weighted by atomic mass is 10.1. The SMILES string of the molecule is COC(=O)CN(CC(F)(F)F)c1ccc(C#N)c(C(F)(F)F)c1. The summed E-state index contributed by atoms with van der Waals surface area (Å²) in [6.45, 7) is -2.54. The van der Waals surface area contributed by atoms with Crippen LogP contribution >= 0.6 is 0 Å². The molecule has 0 saturated heterocycles. The summed E-state index contributed by atoms with van der Waals surface area (Å²) in [6.07, 6.45) is -9.67. The Morgan fingerprint density at radius 1 is 1.26 bits per heavy atom. The van der Waals surface area contributed by atoms with Crippen LogP contribution < -0.4 is 4.90 Å². The molecule has 0 spiro atoms. The number of halogens is 6. The van der Waals surface area contributed by atoms with E-state index in [-0.39, 0.29) is 0 Å². The fourth-order valence-corrected chi connectivity index (χ4v) is 1.74. The zero-order chi connectivity index (χ0) is 17.8. The first kappa shape index (κ1) is 18.6.